The second-order valence-electron chi connectivity index (χ2n) is 6.64. The molecule has 2 N–H and O–H groups in total. The Kier molecular flexibility index (Phi) is 7.23. The molecule has 1 rings (SSSR count). The molecule has 144 valence electrons. The molecule has 0 saturated heterocycles. The van der Waals surface area contributed by atoms with Crippen LogP contribution in [0.25, 0.3) is 0 Å². The topological polar surface area (TPSA) is 75.6 Å². The number of halogens is 3. The highest BCUT2D eigenvalue weighted by Crippen LogP contribution is 2.30. The van der Waals surface area contributed by atoms with Gasteiger partial charge in [-0.1, -0.05) is 36.4 Å². The quantitative estimate of drug-likeness (QED) is 0.737. The summed E-state index contributed by atoms with van der Waals surface area (Å²) in [6.45, 7) is 4.76. The first-order valence-electron chi connectivity index (χ1n) is 7.91. The third-order valence-corrected chi connectivity index (χ3v) is 3.17. The summed E-state index contributed by atoms with van der Waals surface area (Å²) in [5, 5.41) is 10.9. The number of carbonyl (C=O) groups excluding carboxylic acids is 1. The molecule has 26 heavy (non-hydrogen) atoms. The van der Waals surface area contributed by atoms with Crippen LogP contribution in [0.1, 0.15) is 32.8 Å². The van der Waals surface area contributed by atoms with Crippen molar-refractivity contribution in [3.8, 4) is 0 Å². The van der Waals surface area contributed by atoms with Gasteiger partial charge < -0.3 is 15.2 Å². The van der Waals surface area contributed by atoms with E-state index in [9.17, 15) is 22.8 Å². The normalized spacial score (nSPS) is 13.8. The Morgan fingerprint density at radius 2 is 1.77 bits per heavy atom. The minimum atomic E-state index is -4.80. The molecule has 5 nitrogen and oxygen atoms in total. The molecule has 0 heterocycles. The highest BCUT2D eigenvalue weighted by Gasteiger charge is 2.39. The van der Waals surface area contributed by atoms with Gasteiger partial charge in [-0.2, -0.15) is 13.2 Å². The number of ether oxygens (including phenoxy) is 1. The number of aliphatic carboxylic acids is 1. The van der Waals surface area contributed by atoms with Crippen LogP contribution in [0.2, 0.25) is 0 Å². The van der Waals surface area contributed by atoms with Crippen LogP contribution in [0.3, 0.4) is 0 Å². The molecular weight excluding hydrogens is 351 g/mol. The number of carboxylic acids is 1. The average Bonchev–Trinajstić information content (AvgIpc) is 2.44. The summed E-state index contributed by atoms with van der Waals surface area (Å²) in [4.78, 5) is 22.7. The molecule has 0 aromatic heterocycles. The van der Waals surface area contributed by atoms with E-state index in [-0.39, 0.29) is 6.42 Å². The van der Waals surface area contributed by atoms with E-state index in [4.69, 9.17) is 9.84 Å². The van der Waals surface area contributed by atoms with E-state index in [0.717, 1.165) is 0 Å². The molecule has 1 aromatic carbocycles. The number of carboxylic acid groups (broad SMARTS) is 1. The number of rotatable bonds is 6. The Balaban J connectivity index is 3.16. The Labute approximate surface area is 149 Å². The molecule has 1 amide bonds. The lowest BCUT2D eigenvalue weighted by atomic mass is 9.97. The molecule has 8 heteroatoms. The monoisotopic (exact) mass is 373 g/mol. The molecule has 0 spiro atoms. The van der Waals surface area contributed by atoms with Crippen molar-refractivity contribution in [1.82, 2.24) is 5.32 Å². The number of benzene rings is 1. The van der Waals surface area contributed by atoms with Crippen LogP contribution >= 0.6 is 0 Å². The fourth-order valence-electron chi connectivity index (χ4n) is 2.19. The SMILES string of the molecule is CC(C)(C)OC(=O)N[C@@H](Cc1ccccc1)/C(=C/CC(=O)O)C(F)(F)F. The molecule has 0 unspecified atom stereocenters. The number of amides is 1. The summed E-state index contributed by atoms with van der Waals surface area (Å²) in [5.74, 6) is -1.40. The molecule has 0 bridgehead atoms. The summed E-state index contributed by atoms with van der Waals surface area (Å²) in [6.07, 6.45) is -6.21. The number of carbonyl (C=O) groups is 2. The maximum Gasteiger partial charge on any atom is 0.414 e. The Hall–Kier alpha value is -2.51. The van der Waals surface area contributed by atoms with E-state index in [2.05, 4.69) is 5.32 Å². The van der Waals surface area contributed by atoms with Crippen molar-refractivity contribution in [2.24, 2.45) is 0 Å². The van der Waals surface area contributed by atoms with E-state index >= 15 is 0 Å². The second-order valence-corrected chi connectivity index (χ2v) is 6.64. The van der Waals surface area contributed by atoms with Crippen LogP contribution in [0.15, 0.2) is 42.0 Å². The average molecular weight is 373 g/mol. The van der Waals surface area contributed by atoms with Gasteiger partial charge >= 0.3 is 18.2 Å². The van der Waals surface area contributed by atoms with E-state index in [0.29, 0.717) is 11.6 Å². The van der Waals surface area contributed by atoms with Crippen molar-refractivity contribution in [1.29, 1.82) is 0 Å². The first-order valence-corrected chi connectivity index (χ1v) is 7.91. The highest BCUT2D eigenvalue weighted by atomic mass is 19.4. The van der Waals surface area contributed by atoms with Gasteiger partial charge in [0.1, 0.15) is 5.60 Å². The van der Waals surface area contributed by atoms with Gasteiger partial charge in [-0.3, -0.25) is 4.79 Å². The zero-order valence-electron chi connectivity index (χ0n) is 14.8. The van der Waals surface area contributed by atoms with Crippen molar-refractivity contribution >= 4 is 12.1 Å². The van der Waals surface area contributed by atoms with Crippen molar-refractivity contribution in [3.05, 3.63) is 47.5 Å². The zero-order valence-corrected chi connectivity index (χ0v) is 14.8. The number of hydrogen-bond donors (Lipinski definition) is 2. The van der Waals surface area contributed by atoms with Crippen molar-refractivity contribution in [2.75, 3.05) is 0 Å². The van der Waals surface area contributed by atoms with Crippen molar-refractivity contribution in [2.45, 2.75) is 51.4 Å². The largest absolute Gasteiger partial charge is 0.481 e. The zero-order chi connectivity index (χ0) is 20.0. The Morgan fingerprint density at radius 1 is 1.19 bits per heavy atom. The lowest BCUT2D eigenvalue weighted by molar-refractivity contribution is -0.136. The second kappa shape index (κ2) is 8.73. The van der Waals surface area contributed by atoms with Gasteiger partial charge in [0.15, 0.2) is 0 Å². The fraction of sp³-hybridized carbons (Fsp3) is 0.444. The van der Waals surface area contributed by atoms with Gasteiger partial charge in [-0.15, -0.1) is 0 Å². The number of hydrogen-bond acceptors (Lipinski definition) is 3. The van der Waals surface area contributed by atoms with Crippen LogP contribution in [-0.4, -0.2) is 35.0 Å². The Morgan fingerprint density at radius 3 is 2.23 bits per heavy atom. The number of alkyl carbamates (subject to hydrolysis) is 1. The van der Waals surface area contributed by atoms with Crippen LogP contribution < -0.4 is 5.32 Å². The van der Waals surface area contributed by atoms with E-state index in [1.165, 1.54) is 0 Å². The highest BCUT2D eigenvalue weighted by molar-refractivity contribution is 5.70. The third-order valence-electron chi connectivity index (χ3n) is 3.17. The van der Waals surface area contributed by atoms with Crippen LogP contribution in [0.4, 0.5) is 18.0 Å². The molecule has 0 aliphatic rings. The van der Waals surface area contributed by atoms with Gasteiger partial charge in [0.05, 0.1) is 18.0 Å². The predicted octanol–water partition coefficient (Wildman–Crippen LogP) is 4.09. The van der Waals surface area contributed by atoms with Crippen LogP contribution in [0.5, 0.6) is 0 Å². The van der Waals surface area contributed by atoms with Crippen LogP contribution in [0, 0.1) is 0 Å². The smallest absolute Gasteiger partial charge is 0.414 e. The molecule has 0 saturated carbocycles. The number of nitrogens with one attached hydrogen (secondary N) is 1. The summed E-state index contributed by atoms with van der Waals surface area (Å²) < 4.78 is 45.4. The summed E-state index contributed by atoms with van der Waals surface area (Å²) in [7, 11) is 0. The number of alkyl halides is 3. The van der Waals surface area contributed by atoms with Gasteiger partial charge in [0.2, 0.25) is 0 Å². The van der Waals surface area contributed by atoms with Gasteiger partial charge in [0, 0.05) is 0 Å². The summed E-state index contributed by atoms with van der Waals surface area (Å²) in [5.41, 5.74) is -1.46. The standard InChI is InChI=1S/C18H22F3NO4/c1-17(2,3)26-16(25)22-14(11-12-7-5-4-6-8-12)13(18(19,20)21)9-10-15(23)24/h4-9,14H,10-11H2,1-3H3,(H,22,25)(H,23,24)/b13-9-/t14-/m0/s1. The molecule has 0 aliphatic carbocycles. The molecule has 1 aromatic rings. The van der Waals surface area contributed by atoms with E-state index in [1.54, 1.807) is 51.1 Å². The summed E-state index contributed by atoms with van der Waals surface area (Å²) in [6, 6.07) is 6.79. The molecular formula is C18H22F3NO4. The lowest BCUT2D eigenvalue weighted by Gasteiger charge is -2.26. The van der Waals surface area contributed by atoms with Gasteiger partial charge in [-0.05, 0) is 32.8 Å². The van der Waals surface area contributed by atoms with Crippen molar-refractivity contribution < 1.29 is 32.6 Å². The lowest BCUT2D eigenvalue weighted by Crippen LogP contribution is -2.44. The molecule has 0 fully saturated rings. The first-order chi connectivity index (χ1) is 11.9. The predicted molar refractivity (Wildman–Crippen MR) is 89.7 cm³/mol. The van der Waals surface area contributed by atoms with Gasteiger partial charge in [-0.25, -0.2) is 4.79 Å². The minimum absolute atomic E-state index is 0.162. The Bertz CT molecular complexity index is 649. The molecule has 1 atom stereocenters. The van der Waals surface area contributed by atoms with E-state index in [1.807, 2.05) is 0 Å². The maximum absolute atomic E-state index is 13.5. The minimum Gasteiger partial charge on any atom is -0.481 e. The van der Waals surface area contributed by atoms with Gasteiger partial charge in [0.25, 0.3) is 0 Å². The fourth-order valence-corrected chi connectivity index (χ4v) is 2.19. The summed E-state index contributed by atoms with van der Waals surface area (Å²) >= 11 is 0. The molecule has 0 aliphatic heterocycles. The molecule has 0 radical (unpaired) electrons. The first kappa shape index (κ1) is 21.5. The maximum atomic E-state index is 13.5. The van der Waals surface area contributed by atoms with Crippen LogP contribution in [-0.2, 0) is 16.0 Å². The van der Waals surface area contributed by atoms with E-state index < -0.39 is 41.9 Å². The third kappa shape index (κ3) is 8.04. The van der Waals surface area contributed by atoms with Crippen molar-refractivity contribution in [3.63, 3.8) is 0 Å².